The van der Waals surface area contributed by atoms with E-state index in [0.717, 1.165) is 32.4 Å². The standard InChI is InChI=1S/C22H31N3O3S/c1-16(2)28-14-6-11-25-21(27)18-7-4-5-8-19(18)23-22(25)29-15-20(26)24-12-9-17(3)10-13-24/h4-5,7-8,16-17H,6,9-15H2,1-3H3. The molecule has 158 valence electrons. The molecule has 0 N–H and O–H groups in total. The van der Waals surface area contributed by atoms with Crippen molar-refractivity contribution >= 4 is 28.6 Å². The van der Waals surface area contributed by atoms with Gasteiger partial charge >= 0.3 is 0 Å². The summed E-state index contributed by atoms with van der Waals surface area (Å²) in [5.74, 6) is 1.12. The van der Waals surface area contributed by atoms with Gasteiger partial charge in [-0.05, 0) is 51.2 Å². The van der Waals surface area contributed by atoms with E-state index in [1.807, 2.05) is 36.9 Å². The molecule has 0 saturated carbocycles. The van der Waals surface area contributed by atoms with Crippen molar-refractivity contribution in [2.45, 2.75) is 57.8 Å². The number of thioether (sulfide) groups is 1. The van der Waals surface area contributed by atoms with Crippen LogP contribution in [0.1, 0.15) is 40.0 Å². The Labute approximate surface area is 176 Å². The van der Waals surface area contributed by atoms with Crippen molar-refractivity contribution < 1.29 is 9.53 Å². The first-order valence-corrected chi connectivity index (χ1v) is 11.5. The van der Waals surface area contributed by atoms with E-state index in [4.69, 9.17) is 9.72 Å². The average molecular weight is 418 g/mol. The molecule has 0 unspecified atom stereocenters. The van der Waals surface area contributed by atoms with E-state index in [0.29, 0.717) is 40.9 Å². The Bertz CT molecular complexity index is 888. The van der Waals surface area contributed by atoms with Crippen LogP contribution in [0.25, 0.3) is 10.9 Å². The van der Waals surface area contributed by atoms with Gasteiger partial charge in [0.05, 0.1) is 22.8 Å². The lowest BCUT2D eigenvalue weighted by Crippen LogP contribution is -2.39. The second-order valence-electron chi connectivity index (χ2n) is 7.99. The van der Waals surface area contributed by atoms with Gasteiger partial charge in [-0.15, -0.1) is 0 Å². The summed E-state index contributed by atoms with van der Waals surface area (Å²) >= 11 is 1.36. The minimum absolute atomic E-state index is 0.0538. The summed E-state index contributed by atoms with van der Waals surface area (Å²) < 4.78 is 7.31. The van der Waals surface area contributed by atoms with E-state index in [1.165, 1.54) is 11.8 Å². The van der Waals surface area contributed by atoms with Crippen LogP contribution >= 0.6 is 11.8 Å². The quantitative estimate of drug-likeness (QED) is 0.373. The highest BCUT2D eigenvalue weighted by Gasteiger charge is 2.21. The Morgan fingerprint density at radius 1 is 1.28 bits per heavy atom. The highest BCUT2D eigenvalue weighted by atomic mass is 32.2. The number of benzene rings is 1. The molecule has 0 spiro atoms. The van der Waals surface area contributed by atoms with Gasteiger partial charge in [-0.2, -0.15) is 0 Å². The van der Waals surface area contributed by atoms with Gasteiger partial charge in [-0.25, -0.2) is 4.98 Å². The molecule has 1 aromatic heterocycles. The molecular weight excluding hydrogens is 386 g/mol. The molecule has 3 rings (SSSR count). The maximum atomic E-state index is 13.0. The summed E-state index contributed by atoms with van der Waals surface area (Å²) in [7, 11) is 0. The molecule has 2 heterocycles. The smallest absolute Gasteiger partial charge is 0.262 e. The zero-order valence-electron chi connectivity index (χ0n) is 17.6. The molecule has 1 aliphatic rings. The van der Waals surface area contributed by atoms with Crippen LogP contribution in [-0.4, -0.2) is 51.9 Å². The van der Waals surface area contributed by atoms with E-state index in [9.17, 15) is 9.59 Å². The van der Waals surface area contributed by atoms with Gasteiger partial charge in [0.2, 0.25) is 5.91 Å². The summed E-state index contributed by atoms with van der Waals surface area (Å²) in [6.45, 7) is 9.00. The minimum Gasteiger partial charge on any atom is -0.379 e. The minimum atomic E-state index is -0.0538. The summed E-state index contributed by atoms with van der Waals surface area (Å²) in [4.78, 5) is 32.3. The zero-order valence-corrected chi connectivity index (χ0v) is 18.4. The van der Waals surface area contributed by atoms with Crippen molar-refractivity contribution in [3.63, 3.8) is 0 Å². The molecule has 0 bridgehead atoms. The Morgan fingerprint density at radius 2 is 2.00 bits per heavy atom. The second-order valence-corrected chi connectivity index (χ2v) is 8.94. The first kappa shape index (κ1) is 21.8. The van der Waals surface area contributed by atoms with Gasteiger partial charge in [0.15, 0.2) is 5.16 Å². The number of piperidine rings is 1. The van der Waals surface area contributed by atoms with Gasteiger partial charge in [0, 0.05) is 26.2 Å². The lowest BCUT2D eigenvalue weighted by atomic mass is 9.99. The van der Waals surface area contributed by atoms with Crippen LogP contribution in [0.2, 0.25) is 0 Å². The molecule has 1 aliphatic heterocycles. The van der Waals surface area contributed by atoms with Crippen LogP contribution in [-0.2, 0) is 16.1 Å². The number of likely N-dealkylation sites (tertiary alicyclic amines) is 1. The van der Waals surface area contributed by atoms with E-state index < -0.39 is 0 Å². The predicted molar refractivity (Wildman–Crippen MR) is 117 cm³/mol. The maximum Gasteiger partial charge on any atom is 0.262 e. The number of rotatable bonds is 8. The number of carbonyl (C=O) groups is 1. The number of amides is 1. The molecular formula is C22H31N3O3S. The summed E-state index contributed by atoms with van der Waals surface area (Å²) in [5, 5.41) is 1.22. The number of hydrogen-bond acceptors (Lipinski definition) is 5. The maximum absolute atomic E-state index is 13.0. The fourth-order valence-electron chi connectivity index (χ4n) is 3.47. The first-order chi connectivity index (χ1) is 14.0. The van der Waals surface area contributed by atoms with E-state index in [1.54, 1.807) is 10.6 Å². The third-order valence-corrected chi connectivity index (χ3v) is 6.23. The normalized spacial score (nSPS) is 15.4. The van der Waals surface area contributed by atoms with Crippen LogP contribution in [0.3, 0.4) is 0 Å². The average Bonchev–Trinajstić information content (AvgIpc) is 2.71. The fourth-order valence-corrected chi connectivity index (χ4v) is 4.40. The van der Waals surface area contributed by atoms with Gasteiger partial charge in [-0.1, -0.05) is 30.8 Å². The zero-order chi connectivity index (χ0) is 20.8. The number of nitrogens with zero attached hydrogens (tertiary/aromatic N) is 3. The van der Waals surface area contributed by atoms with Crippen molar-refractivity contribution in [3.8, 4) is 0 Å². The lowest BCUT2D eigenvalue weighted by Gasteiger charge is -2.30. The van der Waals surface area contributed by atoms with Crippen molar-refractivity contribution in [1.82, 2.24) is 14.5 Å². The molecule has 0 radical (unpaired) electrons. The number of aromatic nitrogens is 2. The van der Waals surface area contributed by atoms with Crippen LogP contribution in [0.15, 0.2) is 34.2 Å². The molecule has 6 nitrogen and oxygen atoms in total. The summed E-state index contributed by atoms with van der Waals surface area (Å²) in [5.41, 5.74) is 0.621. The van der Waals surface area contributed by atoms with Gasteiger partial charge in [0.1, 0.15) is 0 Å². The number of para-hydroxylation sites is 1. The fraction of sp³-hybridized carbons (Fsp3) is 0.591. The summed E-state index contributed by atoms with van der Waals surface area (Å²) in [6, 6.07) is 7.39. The van der Waals surface area contributed by atoms with Crippen molar-refractivity contribution in [2.24, 2.45) is 5.92 Å². The van der Waals surface area contributed by atoms with E-state index >= 15 is 0 Å². The van der Waals surface area contributed by atoms with Crippen LogP contribution in [0, 0.1) is 5.92 Å². The number of carbonyl (C=O) groups excluding carboxylic acids is 1. The number of ether oxygens (including phenoxy) is 1. The Kier molecular flexibility index (Phi) is 7.72. The summed E-state index contributed by atoms with van der Waals surface area (Å²) in [6.07, 6.45) is 3.01. The topological polar surface area (TPSA) is 64.4 Å². The van der Waals surface area contributed by atoms with Crippen molar-refractivity contribution in [2.75, 3.05) is 25.4 Å². The molecule has 1 amide bonds. The lowest BCUT2D eigenvalue weighted by molar-refractivity contribution is -0.129. The molecule has 0 atom stereocenters. The Morgan fingerprint density at radius 3 is 2.72 bits per heavy atom. The van der Waals surface area contributed by atoms with E-state index in [2.05, 4.69) is 6.92 Å². The SMILES string of the molecule is CC1CCN(C(=O)CSc2nc3ccccc3c(=O)n2CCCOC(C)C)CC1. The highest BCUT2D eigenvalue weighted by Crippen LogP contribution is 2.21. The predicted octanol–water partition coefficient (Wildman–Crippen LogP) is 3.56. The first-order valence-electron chi connectivity index (χ1n) is 10.5. The molecule has 1 aromatic carbocycles. The van der Waals surface area contributed by atoms with Crippen LogP contribution in [0.5, 0.6) is 0 Å². The van der Waals surface area contributed by atoms with Gasteiger partial charge in [-0.3, -0.25) is 14.2 Å². The molecule has 2 aromatic rings. The Balaban J connectivity index is 1.74. The largest absolute Gasteiger partial charge is 0.379 e. The van der Waals surface area contributed by atoms with Gasteiger partial charge in [0.25, 0.3) is 5.56 Å². The third kappa shape index (κ3) is 5.82. The van der Waals surface area contributed by atoms with Gasteiger partial charge < -0.3 is 9.64 Å². The van der Waals surface area contributed by atoms with Crippen LogP contribution < -0.4 is 5.56 Å². The molecule has 1 fully saturated rings. The monoisotopic (exact) mass is 417 g/mol. The highest BCUT2D eigenvalue weighted by molar-refractivity contribution is 7.99. The number of hydrogen-bond donors (Lipinski definition) is 0. The Hall–Kier alpha value is -1.86. The second kappa shape index (κ2) is 10.3. The molecule has 0 aliphatic carbocycles. The molecule has 29 heavy (non-hydrogen) atoms. The van der Waals surface area contributed by atoms with Crippen LogP contribution in [0.4, 0.5) is 0 Å². The number of fused-ring (bicyclic) bond motifs is 1. The molecule has 7 heteroatoms. The van der Waals surface area contributed by atoms with Crippen molar-refractivity contribution in [1.29, 1.82) is 0 Å². The van der Waals surface area contributed by atoms with E-state index in [-0.39, 0.29) is 17.6 Å². The van der Waals surface area contributed by atoms with Crippen molar-refractivity contribution in [3.05, 3.63) is 34.6 Å². The third-order valence-electron chi connectivity index (χ3n) is 5.26. The molecule has 1 saturated heterocycles.